The normalized spacial score (nSPS) is 23.2. The Labute approximate surface area is 91.3 Å². The number of nitrogens with one attached hydrogen (secondary N) is 1. The van der Waals surface area contributed by atoms with Gasteiger partial charge in [0, 0.05) is 25.2 Å². The first-order chi connectivity index (χ1) is 7.22. The summed E-state index contributed by atoms with van der Waals surface area (Å²) in [4.78, 5) is 13.1. The highest BCUT2D eigenvalue weighted by Gasteiger charge is 2.15. The minimum atomic E-state index is -0.294. The monoisotopic (exact) mass is 212 g/mol. The Morgan fingerprint density at radius 2 is 2.47 bits per heavy atom. The van der Waals surface area contributed by atoms with Gasteiger partial charge in [-0.25, -0.2) is 4.79 Å². The number of methoxy groups -OCH3 is 1. The molecular weight excluding hydrogens is 192 g/mol. The maximum absolute atomic E-state index is 10.8. The van der Waals surface area contributed by atoms with E-state index in [9.17, 15) is 4.79 Å². The van der Waals surface area contributed by atoms with Gasteiger partial charge in [0.1, 0.15) is 0 Å². The molecule has 1 N–H and O–H groups in total. The molecule has 0 aromatic heterocycles. The van der Waals surface area contributed by atoms with Crippen LogP contribution in [0.2, 0.25) is 0 Å². The second-order valence-electron chi connectivity index (χ2n) is 3.94. The number of likely N-dealkylation sites (N-methyl/N-ethyl adjacent to an activating group) is 1. The van der Waals surface area contributed by atoms with Crippen LogP contribution in [0.25, 0.3) is 0 Å². The van der Waals surface area contributed by atoms with Crippen LogP contribution in [-0.2, 0) is 9.53 Å². The van der Waals surface area contributed by atoms with Crippen molar-refractivity contribution in [2.24, 2.45) is 0 Å². The van der Waals surface area contributed by atoms with Gasteiger partial charge in [0.05, 0.1) is 7.11 Å². The minimum Gasteiger partial charge on any atom is -0.466 e. The Morgan fingerprint density at radius 1 is 1.67 bits per heavy atom. The van der Waals surface area contributed by atoms with Gasteiger partial charge in [0.25, 0.3) is 0 Å². The fourth-order valence-electron chi connectivity index (χ4n) is 1.79. The smallest absolute Gasteiger partial charge is 0.330 e. The van der Waals surface area contributed by atoms with E-state index in [2.05, 4.69) is 22.0 Å². The van der Waals surface area contributed by atoms with Crippen LogP contribution >= 0.6 is 0 Å². The molecule has 1 aliphatic heterocycles. The molecule has 1 aliphatic rings. The highest BCUT2D eigenvalue weighted by atomic mass is 16.5. The van der Waals surface area contributed by atoms with Crippen molar-refractivity contribution in [3.05, 3.63) is 12.2 Å². The van der Waals surface area contributed by atoms with Crippen LogP contribution in [0.3, 0.4) is 0 Å². The number of piperidine rings is 1. The van der Waals surface area contributed by atoms with Gasteiger partial charge < -0.3 is 15.0 Å². The number of ether oxygens (including phenoxy) is 1. The number of hydrogen-bond acceptors (Lipinski definition) is 4. The van der Waals surface area contributed by atoms with Crippen molar-refractivity contribution < 1.29 is 9.53 Å². The zero-order valence-corrected chi connectivity index (χ0v) is 9.53. The quantitative estimate of drug-likeness (QED) is 0.541. The van der Waals surface area contributed by atoms with Crippen molar-refractivity contribution in [2.75, 3.05) is 33.8 Å². The lowest BCUT2D eigenvalue weighted by Gasteiger charge is -2.30. The molecule has 1 rings (SSSR count). The topological polar surface area (TPSA) is 41.6 Å². The summed E-state index contributed by atoms with van der Waals surface area (Å²) in [7, 11) is 3.52. The molecule has 0 amide bonds. The van der Waals surface area contributed by atoms with Crippen LogP contribution in [0.1, 0.15) is 12.8 Å². The van der Waals surface area contributed by atoms with Crippen molar-refractivity contribution >= 4 is 5.97 Å². The largest absolute Gasteiger partial charge is 0.466 e. The number of carbonyl (C=O) groups excluding carboxylic acids is 1. The fourth-order valence-corrected chi connectivity index (χ4v) is 1.79. The molecule has 4 nitrogen and oxygen atoms in total. The van der Waals surface area contributed by atoms with E-state index in [-0.39, 0.29) is 5.97 Å². The highest BCUT2D eigenvalue weighted by molar-refractivity contribution is 5.81. The number of hydrogen-bond donors (Lipinski definition) is 1. The summed E-state index contributed by atoms with van der Waals surface area (Å²) in [6.45, 7) is 3.01. The Morgan fingerprint density at radius 3 is 3.13 bits per heavy atom. The summed E-state index contributed by atoms with van der Waals surface area (Å²) in [5, 5.41) is 3.40. The van der Waals surface area contributed by atoms with Crippen LogP contribution in [0.4, 0.5) is 0 Å². The molecule has 0 saturated carbocycles. The molecule has 0 bridgehead atoms. The third kappa shape index (κ3) is 4.95. The number of likely N-dealkylation sites (tertiary alicyclic amines) is 1. The van der Waals surface area contributed by atoms with Gasteiger partial charge in [-0.2, -0.15) is 0 Å². The van der Waals surface area contributed by atoms with Crippen LogP contribution in [0, 0.1) is 0 Å². The van der Waals surface area contributed by atoms with E-state index in [4.69, 9.17) is 0 Å². The van der Waals surface area contributed by atoms with E-state index in [1.807, 2.05) is 0 Å². The number of rotatable bonds is 4. The maximum Gasteiger partial charge on any atom is 0.330 e. The van der Waals surface area contributed by atoms with Crippen molar-refractivity contribution in [3.8, 4) is 0 Å². The van der Waals surface area contributed by atoms with Crippen LogP contribution in [0.5, 0.6) is 0 Å². The van der Waals surface area contributed by atoms with Crippen molar-refractivity contribution in [1.82, 2.24) is 10.2 Å². The molecule has 0 spiro atoms. The first kappa shape index (κ1) is 12.2. The average Bonchev–Trinajstić information content (AvgIpc) is 2.24. The van der Waals surface area contributed by atoms with Crippen molar-refractivity contribution in [2.45, 2.75) is 18.9 Å². The van der Waals surface area contributed by atoms with E-state index >= 15 is 0 Å². The number of nitrogens with zero attached hydrogens (tertiary/aromatic N) is 1. The van der Waals surface area contributed by atoms with Crippen molar-refractivity contribution in [3.63, 3.8) is 0 Å². The Hall–Kier alpha value is -0.870. The zero-order chi connectivity index (χ0) is 11.1. The summed E-state index contributed by atoms with van der Waals surface area (Å²) < 4.78 is 4.50. The number of carbonyl (C=O) groups is 1. The molecule has 1 saturated heterocycles. The molecule has 0 aromatic carbocycles. The van der Waals surface area contributed by atoms with E-state index in [0.29, 0.717) is 6.04 Å². The summed E-state index contributed by atoms with van der Waals surface area (Å²) >= 11 is 0. The van der Waals surface area contributed by atoms with Gasteiger partial charge in [-0.3, -0.25) is 0 Å². The second kappa shape index (κ2) is 6.58. The van der Waals surface area contributed by atoms with E-state index < -0.39 is 0 Å². The molecule has 1 heterocycles. The fraction of sp³-hybridized carbons (Fsp3) is 0.727. The average molecular weight is 212 g/mol. The third-order valence-corrected chi connectivity index (χ3v) is 2.60. The summed E-state index contributed by atoms with van der Waals surface area (Å²) in [6.07, 6.45) is 5.73. The van der Waals surface area contributed by atoms with Crippen LogP contribution < -0.4 is 5.32 Å². The van der Waals surface area contributed by atoms with E-state index in [0.717, 1.165) is 13.1 Å². The lowest BCUT2D eigenvalue weighted by Crippen LogP contribution is -2.43. The van der Waals surface area contributed by atoms with Gasteiger partial charge in [0.2, 0.25) is 0 Å². The molecule has 4 heteroatoms. The Balaban J connectivity index is 2.14. The first-order valence-corrected chi connectivity index (χ1v) is 5.39. The van der Waals surface area contributed by atoms with Gasteiger partial charge >= 0.3 is 5.97 Å². The Kier molecular flexibility index (Phi) is 5.36. The summed E-state index contributed by atoms with van der Waals surface area (Å²) in [5.74, 6) is -0.294. The maximum atomic E-state index is 10.8. The third-order valence-electron chi connectivity index (χ3n) is 2.60. The van der Waals surface area contributed by atoms with Crippen LogP contribution in [-0.4, -0.2) is 50.7 Å². The first-order valence-electron chi connectivity index (χ1n) is 5.39. The predicted molar refractivity (Wildman–Crippen MR) is 59.7 cm³/mol. The van der Waals surface area contributed by atoms with Gasteiger partial charge in [-0.05, 0) is 26.4 Å². The van der Waals surface area contributed by atoms with E-state index in [1.54, 1.807) is 6.08 Å². The molecule has 0 aliphatic carbocycles. The lowest BCUT2D eigenvalue weighted by molar-refractivity contribution is -0.134. The molecular formula is C11H20N2O2. The molecule has 15 heavy (non-hydrogen) atoms. The zero-order valence-electron chi connectivity index (χ0n) is 9.53. The standard InChI is InChI=1S/C11H20N2O2/c1-13-8-4-5-10(9-13)12-7-3-6-11(14)15-2/h3,6,10,12H,4-5,7-9H2,1-2H3/b6-3+. The molecule has 1 fully saturated rings. The summed E-state index contributed by atoms with van der Waals surface area (Å²) in [5.41, 5.74) is 0. The van der Waals surface area contributed by atoms with Gasteiger partial charge in [-0.15, -0.1) is 0 Å². The van der Waals surface area contributed by atoms with Gasteiger partial charge in [0.15, 0.2) is 0 Å². The second-order valence-corrected chi connectivity index (χ2v) is 3.94. The molecule has 0 aromatic rings. The summed E-state index contributed by atoms with van der Waals surface area (Å²) in [6, 6.07) is 0.547. The lowest BCUT2D eigenvalue weighted by atomic mass is 10.1. The minimum absolute atomic E-state index is 0.294. The highest BCUT2D eigenvalue weighted by Crippen LogP contribution is 2.07. The molecule has 86 valence electrons. The van der Waals surface area contributed by atoms with E-state index in [1.165, 1.54) is 32.6 Å². The SMILES string of the molecule is COC(=O)/C=C/CNC1CCCN(C)C1. The predicted octanol–water partition coefficient (Wildman–Crippen LogP) is 0.399. The number of esters is 1. The molecule has 1 atom stereocenters. The molecule has 1 unspecified atom stereocenters. The van der Waals surface area contributed by atoms with Gasteiger partial charge in [-0.1, -0.05) is 6.08 Å². The molecule has 0 radical (unpaired) electrons. The Bertz CT molecular complexity index is 229. The van der Waals surface area contributed by atoms with Crippen LogP contribution in [0.15, 0.2) is 12.2 Å². The van der Waals surface area contributed by atoms with Crippen molar-refractivity contribution in [1.29, 1.82) is 0 Å².